The molecule has 10 heteroatoms. The van der Waals surface area contributed by atoms with Gasteiger partial charge in [-0.25, -0.2) is 13.6 Å². The van der Waals surface area contributed by atoms with Crippen LogP contribution in [0.1, 0.15) is 34.5 Å². The van der Waals surface area contributed by atoms with Crippen molar-refractivity contribution in [2.24, 2.45) is 0 Å². The Bertz CT molecular complexity index is 1270. The second-order valence-electron chi connectivity index (χ2n) is 8.88. The van der Waals surface area contributed by atoms with Crippen LogP contribution in [0.3, 0.4) is 0 Å². The van der Waals surface area contributed by atoms with Gasteiger partial charge in [-0.1, -0.05) is 35.0 Å². The van der Waals surface area contributed by atoms with E-state index in [2.05, 4.69) is 5.16 Å². The van der Waals surface area contributed by atoms with Crippen LogP contribution >= 0.6 is 11.6 Å². The number of hydrogen-bond acceptors (Lipinski definition) is 5. The summed E-state index contributed by atoms with van der Waals surface area (Å²) in [5, 5.41) is 4.04. The van der Waals surface area contributed by atoms with Gasteiger partial charge in [0.05, 0.1) is 17.1 Å². The Morgan fingerprint density at radius 2 is 1.86 bits per heavy atom. The molecule has 2 aliphatic rings. The zero-order valence-corrected chi connectivity index (χ0v) is 19.6. The number of piperidine rings is 1. The highest BCUT2D eigenvalue weighted by atomic mass is 35.5. The quantitative estimate of drug-likeness (QED) is 0.490. The number of aryl methyl sites for hydroxylation is 1. The molecule has 2 amide bonds. The highest BCUT2D eigenvalue weighted by Gasteiger charge is 2.48. The number of likely N-dealkylation sites (tertiary alicyclic amines) is 1. The number of halogens is 3. The summed E-state index contributed by atoms with van der Waals surface area (Å²) in [6.07, 6.45) is 0.468. The number of nitrogens with zero attached hydrogens (tertiary/aromatic N) is 3. The van der Waals surface area contributed by atoms with Crippen LogP contribution in [0, 0.1) is 18.6 Å². The van der Waals surface area contributed by atoms with E-state index in [4.69, 9.17) is 20.9 Å². The number of amides is 2. The van der Waals surface area contributed by atoms with E-state index < -0.39 is 17.5 Å². The summed E-state index contributed by atoms with van der Waals surface area (Å²) in [7, 11) is 0. The van der Waals surface area contributed by atoms with Crippen molar-refractivity contribution in [2.75, 3.05) is 19.6 Å². The molecule has 3 heterocycles. The first-order valence-electron chi connectivity index (χ1n) is 11.2. The van der Waals surface area contributed by atoms with E-state index in [-0.39, 0.29) is 39.3 Å². The molecule has 0 N–H and O–H groups in total. The monoisotopic (exact) mass is 501 g/mol. The maximum Gasteiger partial charge on any atom is 0.410 e. The largest absolute Gasteiger partial charge is 0.441 e. The van der Waals surface area contributed by atoms with Gasteiger partial charge >= 0.3 is 6.09 Å². The van der Waals surface area contributed by atoms with Crippen molar-refractivity contribution in [3.8, 4) is 11.3 Å². The molecular formula is C25H22ClF2N3O4. The highest BCUT2D eigenvalue weighted by molar-refractivity contribution is 6.33. The third-order valence-corrected chi connectivity index (χ3v) is 6.88. The second kappa shape index (κ2) is 8.96. The fourth-order valence-corrected chi connectivity index (χ4v) is 4.93. The van der Waals surface area contributed by atoms with Crippen LogP contribution in [-0.4, -0.2) is 52.2 Å². The number of carbonyl (C=O) groups excluding carboxylic acids is 2. The Morgan fingerprint density at radius 3 is 2.54 bits per heavy atom. The van der Waals surface area contributed by atoms with Crippen molar-refractivity contribution in [2.45, 2.75) is 31.9 Å². The van der Waals surface area contributed by atoms with E-state index in [0.717, 1.165) is 5.56 Å². The van der Waals surface area contributed by atoms with Crippen molar-refractivity contribution in [1.82, 2.24) is 15.0 Å². The van der Waals surface area contributed by atoms with Gasteiger partial charge in [-0.2, -0.15) is 0 Å². The van der Waals surface area contributed by atoms with E-state index in [1.165, 1.54) is 30.3 Å². The average molecular weight is 502 g/mol. The third-order valence-electron chi connectivity index (χ3n) is 6.57. The summed E-state index contributed by atoms with van der Waals surface area (Å²) in [4.78, 5) is 29.1. The predicted molar refractivity (Wildman–Crippen MR) is 123 cm³/mol. The normalized spacial score (nSPS) is 17.2. The van der Waals surface area contributed by atoms with Crippen molar-refractivity contribution < 1.29 is 27.6 Å². The lowest BCUT2D eigenvalue weighted by Gasteiger charge is -2.37. The molecule has 1 spiro atoms. The van der Waals surface area contributed by atoms with Gasteiger partial charge in [-0.05, 0) is 36.8 Å². The Labute approximate surface area is 205 Å². The maximum atomic E-state index is 14.5. The molecule has 0 saturated carbocycles. The molecule has 0 aliphatic carbocycles. The van der Waals surface area contributed by atoms with Gasteiger partial charge < -0.3 is 14.2 Å². The first-order chi connectivity index (χ1) is 16.8. The van der Waals surface area contributed by atoms with Gasteiger partial charge in [0.15, 0.2) is 0 Å². The molecule has 2 fully saturated rings. The molecular weight excluding hydrogens is 480 g/mol. The molecule has 182 valence electrons. The maximum absolute atomic E-state index is 14.5. The minimum Gasteiger partial charge on any atom is -0.441 e. The van der Waals surface area contributed by atoms with Gasteiger partial charge in [-0.3, -0.25) is 9.69 Å². The number of carbonyl (C=O) groups is 2. The third kappa shape index (κ3) is 4.36. The van der Waals surface area contributed by atoms with E-state index in [9.17, 15) is 18.4 Å². The number of rotatable bonds is 4. The van der Waals surface area contributed by atoms with Crippen LogP contribution in [0.4, 0.5) is 13.6 Å². The zero-order valence-electron chi connectivity index (χ0n) is 18.9. The number of hydrogen-bond donors (Lipinski definition) is 0. The van der Waals surface area contributed by atoms with Crippen molar-refractivity contribution >= 4 is 23.6 Å². The summed E-state index contributed by atoms with van der Waals surface area (Å²) < 4.78 is 38.7. The summed E-state index contributed by atoms with van der Waals surface area (Å²) in [6.45, 7) is 2.97. The van der Waals surface area contributed by atoms with Crippen molar-refractivity contribution in [3.63, 3.8) is 0 Å². The van der Waals surface area contributed by atoms with Gasteiger partial charge in [0.2, 0.25) is 0 Å². The topological polar surface area (TPSA) is 75.9 Å². The van der Waals surface area contributed by atoms with Crippen LogP contribution in [0.5, 0.6) is 0 Å². The van der Waals surface area contributed by atoms with E-state index in [1.807, 2.05) is 0 Å². The predicted octanol–water partition coefficient (Wildman–Crippen LogP) is 5.21. The molecule has 2 aromatic carbocycles. The molecule has 0 bridgehead atoms. The second-order valence-corrected chi connectivity index (χ2v) is 9.29. The molecule has 0 unspecified atom stereocenters. The van der Waals surface area contributed by atoms with Crippen molar-refractivity contribution in [3.05, 3.63) is 76.0 Å². The average Bonchev–Trinajstić information content (AvgIpc) is 3.34. The molecule has 5 rings (SSSR count). The molecule has 0 radical (unpaired) electrons. The first kappa shape index (κ1) is 23.3. The van der Waals surface area contributed by atoms with Gasteiger partial charge in [0, 0.05) is 32.5 Å². The Hall–Kier alpha value is -3.46. The fraction of sp³-hybridized carbons (Fsp3) is 0.320. The smallest absolute Gasteiger partial charge is 0.410 e. The van der Waals surface area contributed by atoms with Crippen LogP contribution in [0.25, 0.3) is 11.3 Å². The number of ether oxygens (including phenoxy) is 1. The van der Waals surface area contributed by atoms with E-state index in [1.54, 1.807) is 28.9 Å². The lowest BCUT2D eigenvalue weighted by molar-refractivity contribution is 0.00311. The summed E-state index contributed by atoms with van der Waals surface area (Å²) in [6, 6.07) is 10.2. The fourth-order valence-electron chi connectivity index (χ4n) is 4.68. The lowest BCUT2D eigenvalue weighted by atomic mass is 9.90. The molecule has 35 heavy (non-hydrogen) atoms. The Kier molecular flexibility index (Phi) is 5.96. The summed E-state index contributed by atoms with van der Waals surface area (Å²) >= 11 is 6.19. The van der Waals surface area contributed by atoms with Gasteiger partial charge in [-0.15, -0.1) is 0 Å². The minimum atomic E-state index is -0.699. The molecule has 2 aliphatic heterocycles. The van der Waals surface area contributed by atoms with Crippen LogP contribution < -0.4 is 0 Å². The highest BCUT2D eigenvalue weighted by Crippen LogP contribution is 2.37. The SMILES string of the molecule is Cc1onc(-c2c(F)cccc2Cl)c1C(=O)N1CCC2(CC1)CN(Cc1ccc(F)cc1)C(=O)O2. The van der Waals surface area contributed by atoms with Crippen LogP contribution in [0.15, 0.2) is 47.0 Å². The van der Waals surface area contributed by atoms with E-state index >= 15 is 0 Å². The van der Waals surface area contributed by atoms with Crippen LogP contribution in [-0.2, 0) is 11.3 Å². The number of benzene rings is 2. The lowest BCUT2D eigenvalue weighted by Crippen LogP contribution is -2.48. The first-order valence-corrected chi connectivity index (χ1v) is 11.6. The molecule has 0 atom stereocenters. The summed E-state index contributed by atoms with van der Waals surface area (Å²) in [5.74, 6) is -1.02. The van der Waals surface area contributed by atoms with Crippen molar-refractivity contribution in [1.29, 1.82) is 0 Å². The van der Waals surface area contributed by atoms with Crippen LogP contribution in [0.2, 0.25) is 5.02 Å². The molecule has 3 aromatic rings. The molecule has 2 saturated heterocycles. The Balaban J connectivity index is 1.29. The van der Waals surface area contributed by atoms with Gasteiger partial charge in [0.25, 0.3) is 5.91 Å². The van der Waals surface area contributed by atoms with E-state index in [0.29, 0.717) is 39.0 Å². The van der Waals surface area contributed by atoms with Gasteiger partial charge in [0.1, 0.15) is 34.3 Å². The molecule has 1 aromatic heterocycles. The molecule has 7 nitrogen and oxygen atoms in total. The number of aromatic nitrogens is 1. The Morgan fingerprint density at radius 1 is 1.14 bits per heavy atom. The summed E-state index contributed by atoms with van der Waals surface area (Å²) in [5.41, 5.74) is 0.345. The zero-order chi connectivity index (χ0) is 24.7. The standard InChI is InChI=1S/C25H22ClF2N3O4/c1-15-20(22(29-35-15)21-18(26)3-2-4-19(21)28)23(32)30-11-9-25(10-12-30)14-31(24(33)34-25)13-16-5-7-17(27)8-6-16/h2-8H,9-14H2,1H3. The minimum absolute atomic E-state index is 0.0176.